The Kier molecular flexibility index (Phi) is 2.83. The fourth-order valence-electron chi connectivity index (χ4n) is 1.80. The fourth-order valence-corrected chi connectivity index (χ4v) is 2.93. The molecule has 1 aromatic carbocycles. The molecule has 3 heteroatoms. The predicted octanol–water partition coefficient (Wildman–Crippen LogP) is 3.73. The fraction of sp³-hybridized carbons (Fsp3) is 0.417. The summed E-state index contributed by atoms with van der Waals surface area (Å²) < 4.78 is 13.4. The minimum atomic E-state index is -0.121. The van der Waals surface area contributed by atoms with E-state index in [-0.39, 0.29) is 17.1 Å². The van der Waals surface area contributed by atoms with Gasteiger partial charge in [0.05, 0.1) is 16.3 Å². The van der Waals surface area contributed by atoms with Crippen LogP contribution in [-0.4, -0.2) is 11.1 Å². The van der Waals surface area contributed by atoms with E-state index in [0.29, 0.717) is 5.56 Å². The zero-order valence-electron chi connectivity index (χ0n) is 9.12. The van der Waals surface area contributed by atoms with Gasteiger partial charge in [-0.05, 0) is 38.0 Å². The molecular formula is C12H14FNS. The highest BCUT2D eigenvalue weighted by atomic mass is 32.2. The number of benzene rings is 1. The third-order valence-electron chi connectivity index (χ3n) is 2.65. The number of halogens is 1. The molecule has 2 atom stereocenters. The average Bonchev–Trinajstić information content (AvgIpc) is 2.50. The molecule has 1 aliphatic heterocycles. The lowest BCUT2D eigenvalue weighted by molar-refractivity contribution is 0.613. The van der Waals surface area contributed by atoms with Crippen LogP contribution < -0.4 is 0 Å². The lowest BCUT2D eigenvalue weighted by Crippen LogP contribution is -2.05. The van der Waals surface area contributed by atoms with E-state index in [1.165, 1.54) is 0 Å². The molecule has 0 spiro atoms. The third kappa shape index (κ3) is 2.07. The van der Waals surface area contributed by atoms with E-state index < -0.39 is 0 Å². The Bertz CT molecular complexity index is 414. The lowest BCUT2D eigenvalue weighted by Gasteiger charge is -2.14. The molecule has 1 aromatic rings. The van der Waals surface area contributed by atoms with Gasteiger partial charge < -0.3 is 0 Å². The summed E-state index contributed by atoms with van der Waals surface area (Å²) in [6.07, 6.45) is 0. The molecule has 1 nitrogen and oxygen atoms in total. The van der Waals surface area contributed by atoms with Crippen LogP contribution in [0.3, 0.4) is 0 Å². The molecule has 0 radical (unpaired) electrons. The van der Waals surface area contributed by atoms with Gasteiger partial charge in [0.1, 0.15) is 5.82 Å². The molecule has 0 aliphatic carbocycles. The molecule has 2 unspecified atom stereocenters. The first kappa shape index (κ1) is 10.7. The number of thioether (sulfide) groups is 1. The van der Waals surface area contributed by atoms with Crippen LogP contribution in [0, 0.1) is 12.7 Å². The van der Waals surface area contributed by atoms with E-state index >= 15 is 0 Å². The summed E-state index contributed by atoms with van der Waals surface area (Å²) >= 11 is 1.72. The molecular weight excluding hydrogens is 209 g/mol. The summed E-state index contributed by atoms with van der Waals surface area (Å²) in [5, 5.41) is 1.37. The summed E-state index contributed by atoms with van der Waals surface area (Å²) in [5.74, 6) is -0.121. The Hall–Kier alpha value is -0.830. The maximum absolute atomic E-state index is 13.4. The molecule has 0 bridgehead atoms. The van der Waals surface area contributed by atoms with E-state index in [0.717, 1.165) is 10.6 Å². The monoisotopic (exact) mass is 223 g/mol. The van der Waals surface area contributed by atoms with E-state index in [2.05, 4.69) is 11.9 Å². The van der Waals surface area contributed by atoms with Crippen molar-refractivity contribution in [2.75, 3.05) is 0 Å². The molecule has 80 valence electrons. The minimum Gasteiger partial charge on any atom is -0.279 e. The Labute approximate surface area is 93.8 Å². The second-order valence-electron chi connectivity index (χ2n) is 3.94. The summed E-state index contributed by atoms with van der Waals surface area (Å²) in [4.78, 5) is 4.46. The van der Waals surface area contributed by atoms with Gasteiger partial charge in [-0.1, -0.05) is 12.1 Å². The molecule has 0 N–H and O–H groups in total. The largest absolute Gasteiger partial charge is 0.279 e. The third-order valence-corrected chi connectivity index (χ3v) is 4.01. The number of aliphatic imine (C=N–C) groups is 1. The Morgan fingerprint density at radius 3 is 2.60 bits per heavy atom. The standard InChI is InChI=1S/C12H14FNS/c1-7-4-5-10(6-11(7)13)12-8(2)14-9(3)15-12/h4-6,8,12H,1-3H3. The Balaban J connectivity index is 2.28. The highest BCUT2D eigenvalue weighted by molar-refractivity contribution is 8.14. The topological polar surface area (TPSA) is 12.4 Å². The smallest absolute Gasteiger partial charge is 0.126 e. The predicted molar refractivity (Wildman–Crippen MR) is 64.0 cm³/mol. The summed E-state index contributed by atoms with van der Waals surface area (Å²) in [6, 6.07) is 5.72. The van der Waals surface area contributed by atoms with Gasteiger partial charge in [-0.15, -0.1) is 11.8 Å². The molecule has 0 saturated carbocycles. The number of nitrogens with zero attached hydrogens (tertiary/aromatic N) is 1. The molecule has 2 rings (SSSR count). The van der Waals surface area contributed by atoms with Crippen LogP contribution in [0.1, 0.15) is 30.2 Å². The van der Waals surface area contributed by atoms with Crippen LogP contribution in [0.25, 0.3) is 0 Å². The minimum absolute atomic E-state index is 0.121. The number of hydrogen-bond donors (Lipinski definition) is 0. The summed E-state index contributed by atoms with van der Waals surface area (Å²) in [7, 11) is 0. The molecule has 0 aromatic heterocycles. The summed E-state index contributed by atoms with van der Waals surface area (Å²) in [5.41, 5.74) is 1.74. The van der Waals surface area contributed by atoms with Crippen LogP contribution in [0.2, 0.25) is 0 Å². The zero-order valence-corrected chi connectivity index (χ0v) is 9.94. The highest BCUT2D eigenvalue weighted by Gasteiger charge is 2.26. The zero-order chi connectivity index (χ0) is 11.0. The van der Waals surface area contributed by atoms with Crippen molar-refractivity contribution >= 4 is 16.8 Å². The van der Waals surface area contributed by atoms with Crippen molar-refractivity contribution in [2.45, 2.75) is 32.1 Å². The van der Waals surface area contributed by atoms with Crippen LogP contribution in [0.15, 0.2) is 23.2 Å². The van der Waals surface area contributed by atoms with E-state index in [1.54, 1.807) is 24.8 Å². The Morgan fingerprint density at radius 1 is 1.33 bits per heavy atom. The maximum atomic E-state index is 13.4. The first-order valence-electron chi connectivity index (χ1n) is 5.05. The summed E-state index contributed by atoms with van der Waals surface area (Å²) in [6.45, 7) is 5.86. The van der Waals surface area contributed by atoms with Crippen molar-refractivity contribution < 1.29 is 4.39 Å². The van der Waals surface area contributed by atoms with Crippen molar-refractivity contribution in [1.82, 2.24) is 0 Å². The van der Waals surface area contributed by atoms with Crippen molar-refractivity contribution in [2.24, 2.45) is 4.99 Å². The van der Waals surface area contributed by atoms with Gasteiger partial charge in [-0.3, -0.25) is 4.99 Å². The highest BCUT2D eigenvalue weighted by Crippen LogP contribution is 2.40. The quantitative estimate of drug-likeness (QED) is 0.706. The van der Waals surface area contributed by atoms with Crippen LogP contribution in [0.5, 0.6) is 0 Å². The molecule has 1 aliphatic rings. The van der Waals surface area contributed by atoms with Gasteiger partial charge in [0.25, 0.3) is 0 Å². The van der Waals surface area contributed by atoms with E-state index in [9.17, 15) is 4.39 Å². The van der Waals surface area contributed by atoms with Gasteiger partial charge in [0.2, 0.25) is 0 Å². The van der Waals surface area contributed by atoms with Gasteiger partial charge in [-0.2, -0.15) is 0 Å². The average molecular weight is 223 g/mol. The number of hydrogen-bond acceptors (Lipinski definition) is 2. The first-order valence-corrected chi connectivity index (χ1v) is 5.93. The van der Waals surface area contributed by atoms with Crippen molar-refractivity contribution in [1.29, 1.82) is 0 Å². The number of rotatable bonds is 1. The van der Waals surface area contributed by atoms with Crippen LogP contribution in [-0.2, 0) is 0 Å². The maximum Gasteiger partial charge on any atom is 0.126 e. The normalized spacial score (nSPS) is 25.5. The van der Waals surface area contributed by atoms with Crippen LogP contribution >= 0.6 is 11.8 Å². The van der Waals surface area contributed by atoms with Crippen molar-refractivity contribution in [3.63, 3.8) is 0 Å². The lowest BCUT2D eigenvalue weighted by atomic mass is 10.0. The second-order valence-corrected chi connectivity index (χ2v) is 5.27. The van der Waals surface area contributed by atoms with Gasteiger partial charge in [-0.25, -0.2) is 4.39 Å². The van der Waals surface area contributed by atoms with E-state index in [1.807, 2.05) is 19.1 Å². The molecule has 0 amide bonds. The van der Waals surface area contributed by atoms with Crippen molar-refractivity contribution in [3.8, 4) is 0 Å². The molecule has 0 fully saturated rings. The van der Waals surface area contributed by atoms with E-state index in [4.69, 9.17) is 0 Å². The van der Waals surface area contributed by atoms with Crippen LogP contribution in [0.4, 0.5) is 4.39 Å². The number of aryl methyl sites for hydroxylation is 1. The Morgan fingerprint density at radius 2 is 2.07 bits per heavy atom. The molecule has 1 heterocycles. The van der Waals surface area contributed by atoms with Gasteiger partial charge >= 0.3 is 0 Å². The molecule has 0 saturated heterocycles. The molecule has 15 heavy (non-hydrogen) atoms. The van der Waals surface area contributed by atoms with Gasteiger partial charge in [0.15, 0.2) is 0 Å². The first-order chi connectivity index (χ1) is 7.08. The van der Waals surface area contributed by atoms with Gasteiger partial charge in [0, 0.05) is 0 Å². The SMILES string of the molecule is CC1=NC(C)C(c2ccc(C)c(F)c2)S1. The second kappa shape index (κ2) is 3.97. The van der Waals surface area contributed by atoms with Crippen molar-refractivity contribution in [3.05, 3.63) is 35.1 Å².